The van der Waals surface area contributed by atoms with Crippen LogP contribution in [0.3, 0.4) is 0 Å². The summed E-state index contributed by atoms with van der Waals surface area (Å²) in [5.74, 6) is 0.883. The van der Waals surface area contributed by atoms with E-state index in [9.17, 15) is 4.79 Å². The Kier molecular flexibility index (Phi) is 3.97. The van der Waals surface area contributed by atoms with Crippen LogP contribution in [0.5, 0.6) is 0 Å². The molecule has 1 saturated carbocycles. The van der Waals surface area contributed by atoms with E-state index in [-0.39, 0.29) is 5.56 Å². The van der Waals surface area contributed by atoms with Crippen molar-refractivity contribution in [3.63, 3.8) is 0 Å². The van der Waals surface area contributed by atoms with Gasteiger partial charge in [0.25, 0.3) is 0 Å². The molecule has 2 heterocycles. The largest absolute Gasteiger partial charge is 0.478 e. The Hall–Kier alpha value is -1.99. The number of carboxylic acid groups (broad SMARTS) is 1. The first-order chi connectivity index (χ1) is 11.6. The van der Waals surface area contributed by atoms with E-state index in [2.05, 4.69) is 60.4 Å². The molecule has 1 aliphatic heterocycles. The third-order valence-corrected chi connectivity index (χ3v) is 5.35. The maximum Gasteiger partial charge on any atom is 0.338 e. The molecular weight excluding hydrogens is 372 g/mol. The highest BCUT2D eigenvalue weighted by atomic mass is 79.9. The van der Waals surface area contributed by atoms with E-state index >= 15 is 0 Å². The first kappa shape index (κ1) is 15.5. The summed E-state index contributed by atoms with van der Waals surface area (Å²) in [6, 6.07) is 8.93. The molecule has 0 amide bonds. The number of piperidine rings is 1. The second-order valence-corrected chi connectivity index (χ2v) is 7.26. The lowest BCUT2D eigenvalue weighted by Crippen LogP contribution is -2.32. The second-order valence-electron chi connectivity index (χ2n) is 6.34. The topological polar surface area (TPSA) is 78.3 Å². The molecule has 3 atom stereocenters. The highest BCUT2D eigenvalue weighted by Crippen LogP contribution is 2.46. The minimum Gasteiger partial charge on any atom is -0.478 e. The quantitative estimate of drug-likeness (QED) is 0.816. The van der Waals surface area contributed by atoms with E-state index in [1.807, 2.05) is 0 Å². The lowest BCUT2D eigenvalue weighted by atomic mass is 10.2. The van der Waals surface area contributed by atoms with E-state index in [1.165, 1.54) is 18.0 Å². The van der Waals surface area contributed by atoms with Gasteiger partial charge in [0.05, 0.1) is 5.56 Å². The van der Waals surface area contributed by atoms with Crippen LogP contribution in [0.4, 0.5) is 5.95 Å². The number of rotatable bonds is 5. The molecule has 2 N–H and O–H groups in total. The highest BCUT2D eigenvalue weighted by Gasteiger charge is 2.55. The number of hydrogen-bond donors (Lipinski definition) is 2. The van der Waals surface area contributed by atoms with Crippen molar-refractivity contribution in [2.45, 2.75) is 12.6 Å². The van der Waals surface area contributed by atoms with Gasteiger partial charge in [-0.1, -0.05) is 28.1 Å². The zero-order valence-corrected chi connectivity index (χ0v) is 14.5. The Balaban J connectivity index is 1.29. The van der Waals surface area contributed by atoms with Gasteiger partial charge in [-0.3, -0.25) is 0 Å². The van der Waals surface area contributed by atoms with Gasteiger partial charge in [-0.2, -0.15) is 0 Å². The molecule has 7 heteroatoms. The number of fused-ring (bicyclic) bond motifs is 1. The molecule has 2 aromatic rings. The Morgan fingerprint density at radius 1 is 1.21 bits per heavy atom. The van der Waals surface area contributed by atoms with Crippen LogP contribution in [0.2, 0.25) is 0 Å². The summed E-state index contributed by atoms with van der Waals surface area (Å²) in [7, 11) is 0. The third kappa shape index (κ3) is 3.01. The Morgan fingerprint density at radius 3 is 2.42 bits per heavy atom. The summed E-state index contributed by atoms with van der Waals surface area (Å²) in [4.78, 5) is 21.3. The molecule has 6 nitrogen and oxygen atoms in total. The molecule has 1 aliphatic carbocycles. The van der Waals surface area contributed by atoms with Gasteiger partial charge in [-0.25, -0.2) is 14.8 Å². The first-order valence-electron chi connectivity index (χ1n) is 7.90. The van der Waals surface area contributed by atoms with Crippen LogP contribution in [0.25, 0.3) is 0 Å². The number of nitrogens with zero attached hydrogens (tertiary/aromatic N) is 3. The number of hydrogen-bond acceptors (Lipinski definition) is 5. The minimum atomic E-state index is -0.997. The number of aromatic nitrogens is 2. The fourth-order valence-electron chi connectivity index (χ4n) is 3.43. The van der Waals surface area contributed by atoms with Crippen LogP contribution in [0, 0.1) is 11.8 Å². The SMILES string of the molecule is O=C(O)c1cnc(N2C[C@@H]3C(NCc4ccc(Br)cc4)[C@@H]3C2)nc1. The normalized spacial score (nSPS) is 24.7. The average molecular weight is 389 g/mol. The Labute approximate surface area is 148 Å². The molecule has 0 bridgehead atoms. The van der Waals surface area contributed by atoms with Crippen LogP contribution < -0.4 is 10.2 Å². The Morgan fingerprint density at radius 2 is 1.83 bits per heavy atom. The maximum atomic E-state index is 10.8. The predicted molar refractivity (Wildman–Crippen MR) is 93.0 cm³/mol. The summed E-state index contributed by atoms with van der Waals surface area (Å²) in [5.41, 5.74) is 1.41. The van der Waals surface area contributed by atoms with Crippen molar-refractivity contribution in [2.24, 2.45) is 11.8 Å². The molecule has 124 valence electrons. The van der Waals surface area contributed by atoms with Crippen molar-refractivity contribution in [1.82, 2.24) is 15.3 Å². The smallest absolute Gasteiger partial charge is 0.338 e. The molecule has 24 heavy (non-hydrogen) atoms. The summed E-state index contributed by atoms with van der Waals surface area (Å²) in [5, 5.41) is 12.5. The second kappa shape index (κ2) is 6.14. The summed E-state index contributed by atoms with van der Waals surface area (Å²) in [6.07, 6.45) is 2.75. The number of carboxylic acids is 1. The standard InChI is InChI=1S/C17H17BrN4O2/c18-12-3-1-10(2-4-12)5-19-15-13-8-22(9-14(13)15)17-20-6-11(7-21-17)16(23)24/h1-4,6-7,13-15,19H,5,8-9H2,(H,23,24)/t13-,14+,15?. The van der Waals surface area contributed by atoms with Crippen LogP contribution in [0.15, 0.2) is 41.1 Å². The van der Waals surface area contributed by atoms with Crippen molar-refractivity contribution >= 4 is 27.8 Å². The van der Waals surface area contributed by atoms with E-state index in [0.717, 1.165) is 24.1 Å². The van der Waals surface area contributed by atoms with Crippen LogP contribution >= 0.6 is 15.9 Å². The molecule has 0 spiro atoms. The summed E-state index contributed by atoms with van der Waals surface area (Å²) >= 11 is 3.45. The van der Waals surface area contributed by atoms with Crippen molar-refractivity contribution in [2.75, 3.05) is 18.0 Å². The van der Waals surface area contributed by atoms with Gasteiger partial charge >= 0.3 is 5.97 Å². The van der Waals surface area contributed by atoms with Gasteiger partial charge < -0.3 is 15.3 Å². The van der Waals surface area contributed by atoms with Gasteiger partial charge in [0.2, 0.25) is 5.95 Å². The molecule has 2 aliphatic rings. The summed E-state index contributed by atoms with van der Waals surface area (Å²) < 4.78 is 1.10. The molecule has 1 aromatic carbocycles. The monoisotopic (exact) mass is 388 g/mol. The zero-order chi connectivity index (χ0) is 16.7. The first-order valence-corrected chi connectivity index (χ1v) is 8.69. The fraction of sp³-hybridized carbons (Fsp3) is 0.353. The molecule has 2 fully saturated rings. The van der Waals surface area contributed by atoms with Crippen molar-refractivity contribution < 1.29 is 9.90 Å². The van der Waals surface area contributed by atoms with Gasteiger partial charge in [-0.15, -0.1) is 0 Å². The molecule has 1 aromatic heterocycles. The number of nitrogens with one attached hydrogen (secondary N) is 1. The number of halogens is 1. The van der Waals surface area contributed by atoms with E-state index < -0.39 is 5.97 Å². The molecule has 4 rings (SSSR count). The van der Waals surface area contributed by atoms with E-state index in [4.69, 9.17) is 5.11 Å². The van der Waals surface area contributed by atoms with Crippen LogP contribution in [0.1, 0.15) is 15.9 Å². The molecular formula is C17H17BrN4O2. The predicted octanol–water partition coefficient (Wildman–Crippen LogP) is 2.16. The zero-order valence-electron chi connectivity index (χ0n) is 12.9. The number of aromatic carboxylic acids is 1. The van der Waals surface area contributed by atoms with Crippen molar-refractivity contribution in [3.8, 4) is 0 Å². The summed E-state index contributed by atoms with van der Waals surface area (Å²) in [6.45, 7) is 2.74. The van der Waals surface area contributed by atoms with Crippen molar-refractivity contribution in [3.05, 3.63) is 52.3 Å². The van der Waals surface area contributed by atoms with E-state index in [1.54, 1.807) is 0 Å². The average Bonchev–Trinajstić information content (AvgIpc) is 3.04. The van der Waals surface area contributed by atoms with Crippen molar-refractivity contribution in [1.29, 1.82) is 0 Å². The molecule has 1 unspecified atom stereocenters. The van der Waals surface area contributed by atoms with Crippen LogP contribution in [-0.2, 0) is 6.54 Å². The molecule has 1 saturated heterocycles. The lowest BCUT2D eigenvalue weighted by Gasteiger charge is -2.20. The van der Waals surface area contributed by atoms with Crippen LogP contribution in [-0.4, -0.2) is 40.2 Å². The maximum absolute atomic E-state index is 10.8. The number of benzene rings is 1. The molecule has 0 radical (unpaired) electrons. The van der Waals surface area contributed by atoms with Gasteiger partial charge in [-0.05, 0) is 29.5 Å². The lowest BCUT2D eigenvalue weighted by molar-refractivity contribution is 0.0696. The highest BCUT2D eigenvalue weighted by molar-refractivity contribution is 9.10. The third-order valence-electron chi connectivity index (χ3n) is 4.82. The van der Waals surface area contributed by atoms with Gasteiger partial charge in [0.15, 0.2) is 0 Å². The van der Waals surface area contributed by atoms with Gasteiger partial charge in [0, 0.05) is 42.5 Å². The Bertz CT molecular complexity index is 738. The van der Waals surface area contributed by atoms with E-state index in [0.29, 0.717) is 23.8 Å². The number of carbonyl (C=O) groups is 1. The minimum absolute atomic E-state index is 0.122. The van der Waals surface area contributed by atoms with Gasteiger partial charge in [0.1, 0.15) is 0 Å². The number of anilines is 1. The fourth-order valence-corrected chi connectivity index (χ4v) is 3.69.